The SMILES string of the molecule is CC[C@@H]1C[C@H](O)C[C@@H]2N(C)CC[C@]12c1ccc(OC)c(OC)c1. The Bertz CT molecular complexity index is 562. The van der Waals surface area contributed by atoms with Crippen LogP contribution in [0.5, 0.6) is 11.5 Å². The molecule has 0 aromatic heterocycles. The highest BCUT2D eigenvalue weighted by Crippen LogP contribution is 2.53. The van der Waals surface area contributed by atoms with E-state index in [-0.39, 0.29) is 11.5 Å². The van der Waals surface area contributed by atoms with Crippen LogP contribution in [0.4, 0.5) is 0 Å². The first-order valence-corrected chi connectivity index (χ1v) is 8.67. The average molecular weight is 319 g/mol. The zero-order chi connectivity index (χ0) is 16.6. The van der Waals surface area contributed by atoms with Crippen molar-refractivity contribution in [1.82, 2.24) is 4.90 Å². The summed E-state index contributed by atoms with van der Waals surface area (Å²) in [7, 11) is 5.56. The van der Waals surface area contributed by atoms with E-state index in [1.807, 2.05) is 6.07 Å². The van der Waals surface area contributed by atoms with Crippen molar-refractivity contribution in [1.29, 1.82) is 0 Å². The maximum atomic E-state index is 10.3. The zero-order valence-corrected chi connectivity index (χ0v) is 14.7. The van der Waals surface area contributed by atoms with Crippen LogP contribution in [0.25, 0.3) is 0 Å². The van der Waals surface area contributed by atoms with E-state index in [0.717, 1.165) is 43.7 Å². The van der Waals surface area contributed by atoms with Crippen molar-refractivity contribution in [3.63, 3.8) is 0 Å². The molecule has 1 saturated heterocycles. The largest absolute Gasteiger partial charge is 0.493 e. The van der Waals surface area contributed by atoms with Crippen LogP contribution >= 0.6 is 0 Å². The van der Waals surface area contributed by atoms with E-state index in [1.54, 1.807) is 14.2 Å². The highest BCUT2D eigenvalue weighted by molar-refractivity contribution is 5.47. The number of hydrogen-bond acceptors (Lipinski definition) is 4. The molecular weight excluding hydrogens is 290 g/mol. The summed E-state index contributed by atoms with van der Waals surface area (Å²) in [6.45, 7) is 3.34. The number of nitrogens with zero attached hydrogens (tertiary/aromatic N) is 1. The first-order valence-electron chi connectivity index (χ1n) is 8.67. The van der Waals surface area contributed by atoms with Gasteiger partial charge in [0, 0.05) is 11.5 Å². The summed E-state index contributed by atoms with van der Waals surface area (Å²) >= 11 is 0. The molecule has 0 unspecified atom stereocenters. The normalized spacial score (nSPS) is 34.2. The molecule has 2 aliphatic rings. The molecule has 128 valence electrons. The molecule has 0 spiro atoms. The molecule has 1 saturated carbocycles. The number of ether oxygens (including phenoxy) is 2. The summed E-state index contributed by atoms with van der Waals surface area (Å²) in [5, 5.41) is 10.3. The Morgan fingerprint density at radius 3 is 2.61 bits per heavy atom. The van der Waals surface area contributed by atoms with E-state index in [0.29, 0.717) is 12.0 Å². The number of aliphatic hydroxyl groups is 1. The molecule has 4 atom stereocenters. The van der Waals surface area contributed by atoms with Crippen molar-refractivity contribution < 1.29 is 14.6 Å². The molecule has 1 aromatic carbocycles. The molecular formula is C19H29NO3. The van der Waals surface area contributed by atoms with E-state index in [4.69, 9.17) is 9.47 Å². The number of likely N-dealkylation sites (tertiary alicyclic amines) is 1. The first kappa shape index (κ1) is 16.6. The smallest absolute Gasteiger partial charge is 0.161 e. The lowest BCUT2D eigenvalue weighted by Gasteiger charge is -2.49. The van der Waals surface area contributed by atoms with Crippen molar-refractivity contribution in [2.75, 3.05) is 27.8 Å². The molecule has 23 heavy (non-hydrogen) atoms. The molecule has 1 aliphatic carbocycles. The van der Waals surface area contributed by atoms with Gasteiger partial charge in [-0.05, 0) is 56.5 Å². The predicted octanol–water partition coefficient (Wildman–Crippen LogP) is 2.83. The molecule has 1 aliphatic heterocycles. The number of rotatable bonds is 4. The van der Waals surface area contributed by atoms with Crippen LogP contribution in [-0.4, -0.2) is 50.0 Å². The summed E-state index contributed by atoms with van der Waals surface area (Å²) in [4.78, 5) is 2.43. The summed E-state index contributed by atoms with van der Waals surface area (Å²) < 4.78 is 10.9. The standard InChI is InChI=1S/C19H29NO3/c1-5-13-10-15(21)12-18-19(13,8-9-20(18)2)14-6-7-16(22-3)17(11-14)23-4/h6-7,11,13,15,18,21H,5,8-10,12H2,1-4H3/t13-,15+,18+,19-/m1/s1. The van der Waals surface area contributed by atoms with Crippen molar-refractivity contribution in [2.24, 2.45) is 5.92 Å². The fourth-order valence-electron chi connectivity index (χ4n) is 5.07. The molecule has 1 heterocycles. The second kappa shape index (κ2) is 6.33. The molecule has 1 aromatic rings. The van der Waals surface area contributed by atoms with E-state index in [9.17, 15) is 5.11 Å². The Morgan fingerprint density at radius 1 is 1.22 bits per heavy atom. The van der Waals surface area contributed by atoms with Crippen LogP contribution in [0.1, 0.15) is 38.2 Å². The van der Waals surface area contributed by atoms with Gasteiger partial charge in [0.05, 0.1) is 20.3 Å². The molecule has 0 amide bonds. The van der Waals surface area contributed by atoms with Gasteiger partial charge in [0.25, 0.3) is 0 Å². The maximum absolute atomic E-state index is 10.3. The molecule has 2 fully saturated rings. The van der Waals surface area contributed by atoms with Gasteiger partial charge in [0.15, 0.2) is 11.5 Å². The molecule has 0 radical (unpaired) electrons. The van der Waals surface area contributed by atoms with E-state index < -0.39 is 0 Å². The van der Waals surface area contributed by atoms with Gasteiger partial charge in [-0.25, -0.2) is 0 Å². The minimum absolute atomic E-state index is 0.113. The highest BCUT2D eigenvalue weighted by atomic mass is 16.5. The van der Waals surface area contributed by atoms with E-state index in [2.05, 4.69) is 31.0 Å². The van der Waals surface area contributed by atoms with Crippen LogP contribution < -0.4 is 9.47 Å². The lowest BCUT2D eigenvalue weighted by atomic mass is 9.58. The topological polar surface area (TPSA) is 41.9 Å². The van der Waals surface area contributed by atoms with Gasteiger partial charge in [-0.1, -0.05) is 19.4 Å². The second-order valence-corrected chi connectivity index (χ2v) is 7.09. The molecule has 3 rings (SSSR count). The Morgan fingerprint density at radius 2 is 1.96 bits per heavy atom. The van der Waals surface area contributed by atoms with Crippen LogP contribution in [0, 0.1) is 5.92 Å². The number of methoxy groups -OCH3 is 2. The Balaban J connectivity index is 2.09. The third-order valence-electron chi connectivity index (χ3n) is 6.20. The van der Waals surface area contributed by atoms with Gasteiger partial charge >= 0.3 is 0 Å². The Labute approximate surface area is 139 Å². The molecule has 0 bridgehead atoms. The van der Waals surface area contributed by atoms with E-state index in [1.165, 1.54) is 5.56 Å². The monoisotopic (exact) mass is 319 g/mol. The fraction of sp³-hybridized carbons (Fsp3) is 0.684. The van der Waals surface area contributed by atoms with Crippen LogP contribution in [0.2, 0.25) is 0 Å². The number of likely N-dealkylation sites (N-methyl/N-ethyl adjacent to an activating group) is 1. The number of fused-ring (bicyclic) bond motifs is 1. The minimum atomic E-state index is -0.182. The van der Waals surface area contributed by atoms with Crippen LogP contribution in [0.15, 0.2) is 18.2 Å². The minimum Gasteiger partial charge on any atom is -0.493 e. The van der Waals surface area contributed by atoms with Gasteiger partial charge in [0.1, 0.15) is 0 Å². The average Bonchev–Trinajstić information content (AvgIpc) is 2.91. The maximum Gasteiger partial charge on any atom is 0.161 e. The summed E-state index contributed by atoms with van der Waals surface area (Å²) in [6, 6.07) is 6.78. The first-order chi connectivity index (χ1) is 11.1. The second-order valence-electron chi connectivity index (χ2n) is 7.09. The third-order valence-corrected chi connectivity index (χ3v) is 6.20. The van der Waals surface area contributed by atoms with Gasteiger partial charge in [-0.15, -0.1) is 0 Å². The van der Waals surface area contributed by atoms with Gasteiger partial charge in [-0.2, -0.15) is 0 Å². The van der Waals surface area contributed by atoms with Crippen molar-refractivity contribution >= 4 is 0 Å². The molecule has 4 nitrogen and oxygen atoms in total. The zero-order valence-electron chi connectivity index (χ0n) is 14.7. The van der Waals surface area contributed by atoms with Crippen LogP contribution in [-0.2, 0) is 5.41 Å². The van der Waals surface area contributed by atoms with Crippen molar-refractivity contribution in [2.45, 2.75) is 50.2 Å². The lowest BCUT2D eigenvalue weighted by Crippen LogP contribution is -2.52. The number of aliphatic hydroxyl groups excluding tert-OH is 1. The lowest BCUT2D eigenvalue weighted by molar-refractivity contribution is 0.0149. The highest BCUT2D eigenvalue weighted by Gasteiger charge is 2.54. The summed E-state index contributed by atoms with van der Waals surface area (Å²) in [5.41, 5.74) is 1.45. The van der Waals surface area contributed by atoms with Gasteiger partial charge in [-0.3, -0.25) is 0 Å². The fourth-order valence-corrected chi connectivity index (χ4v) is 5.07. The van der Waals surface area contributed by atoms with Crippen molar-refractivity contribution in [3.05, 3.63) is 23.8 Å². The quantitative estimate of drug-likeness (QED) is 0.926. The van der Waals surface area contributed by atoms with Gasteiger partial charge in [0.2, 0.25) is 0 Å². The summed E-state index contributed by atoms with van der Waals surface area (Å²) in [5.74, 6) is 2.08. The molecule has 1 N–H and O–H groups in total. The number of hydrogen-bond donors (Lipinski definition) is 1. The van der Waals surface area contributed by atoms with Crippen LogP contribution in [0.3, 0.4) is 0 Å². The Kier molecular flexibility index (Phi) is 4.56. The predicted molar refractivity (Wildman–Crippen MR) is 91.3 cm³/mol. The summed E-state index contributed by atoms with van der Waals surface area (Å²) in [6.07, 6.45) is 3.82. The third kappa shape index (κ3) is 2.52. The van der Waals surface area contributed by atoms with E-state index >= 15 is 0 Å². The van der Waals surface area contributed by atoms with Gasteiger partial charge < -0.3 is 19.5 Å². The van der Waals surface area contributed by atoms with Crippen molar-refractivity contribution in [3.8, 4) is 11.5 Å². The number of benzene rings is 1. The Hall–Kier alpha value is -1.26. The molecule has 4 heteroatoms.